The van der Waals surface area contributed by atoms with Gasteiger partial charge in [0.2, 0.25) is 10.0 Å². The molecule has 2 heterocycles. The molecule has 0 spiro atoms. The monoisotopic (exact) mass is 483 g/mol. The Hall–Kier alpha value is -2.98. The zero-order valence-corrected chi connectivity index (χ0v) is 21.1. The lowest BCUT2D eigenvalue weighted by molar-refractivity contribution is 0.569. The lowest BCUT2D eigenvalue weighted by atomic mass is 9.95. The third-order valence-electron chi connectivity index (χ3n) is 6.71. The highest BCUT2D eigenvalue weighted by Gasteiger charge is 2.33. The molecule has 1 aliphatic carbocycles. The number of H-pyrrole nitrogens is 1. The van der Waals surface area contributed by atoms with Gasteiger partial charge in [-0.05, 0) is 36.0 Å². The fourth-order valence-corrected chi connectivity index (χ4v) is 4.43. The molecule has 2 aromatic heterocycles. The molecule has 3 aromatic rings. The van der Waals surface area contributed by atoms with Crippen molar-refractivity contribution in [2.75, 3.05) is 36.1 Å². The first-order valence-corrected chi connectivity index (χ1v) is 13.3. The fourth-order valence-electron chi connectivity index (χ4n) is 4.00. The van der Waals surface area contributed by atoms with Crippen LogP contribution >= 0.6 is 0 Å². The molecule has 1 aliphatic rings. The van der Waals surface area contributed by atoms with E-state index in [1.807, 2.05) is 50.4 Å². The second kappa shape index (κ2) is 9.34. The number of nitrogens with zero attached hydrogens (tertiary/aromatic N) is 5. The van der Waals surface area contributed by atoms with Gasteiger partial charge in [0.05, 0.1) is 6.26 Å². The second-order valence-corrected chi connectivity index (χ2v) is 11.4. The number of hydrogen-bond donors (Lipinski definition) is 2. The van der Waals surface area contributed by atoms with E-state index >= 15 is 0 Å². The molecule has 0 bridgehead atoms. The summed E-state index contributed by atoms with van der Waals surface area (Å²) in [6, 6.07) is 13.2. The summed E-state index contributed by atoms with van der Waals surface area (Å²) in [7, 11) is -0.00325. The van der Waals surface area contributed by atoms with Crippen molar-refractivity contribution in [2.45, 2.75) is 32.2 Å². The summed E-state index contributed by atoms with van der Waals surface area (Å²) in [4.78, 5) is 11.4. The second-order valence-electron chi connectivity index (χ2n) is 9.43. The Balaban J connectivity index is 1.66. The zero-order valence-electron chi connectivity index (χ0n) is 20.3. The fraction of sp³-hybridized carbons (Fsp3) is 0.458. The van der Waals surface area contributed by atoms with Gasteiger partial charge >= 0.3 is 0 Å². The highest BCUT2D eigenvalue weighted by atomic mass is 32.2. The molecule has 34 heavy (non-hydrogen) atoms. The number of aromatic nitrogens is 4. The lowest BCUT2D eigenvalue weighted by Crippen LogP contribution is -2.27. The van der Waals surface area contributed by atoms with Crippen molar-refractivity contribution in [2.24, 2.45) is 17.6 Å². The van der Waals surface area contributed by atoms with Gasteiger partial charge in [0, 0.05) is 38.2 Å². The predicted octanol–water partition coefficient (Wildman–Crippen LogP) is 3.16. The van der Waals surface area contributed by atoms with Gasteiger partial charge in [0.25, 0.3) is 0 Å². The Bertz CT molecular complexity index is 1250. The van der Waals surface area contributed by atoms with Crippen LogP contribution in [0.1, 0.15) is 43.6 Å². The largest absolute Gasteiger partial charge is 0.359 e. The molecule has 1 aromatic carbocycles. The van der Waals surface area contributed by atoms with Crippen molar-refractivity contribution in [3.8, 4) is 11.4 Å². The number of aromatic amines is 1. The quantitative estimate of drug-likeness (QED) is 0.479. The molecule has 0 aliphatic heterocycles. The Morgan fingerprint density at radius 1 is 1.15 bits per heavy atom. The van der Waals surface area contributed by atoms with Crippen LogP contribution in [0.4, 0.5) is 11.6 Å². The summed E-state index contributed by atoms with van der Waals surface area (Å²) in [6.07, 6.45) is 2.36. The van der Waals surface area contributed by atoms with Crippen molar-refractivity contribution in [3.05, 3.63) is 53.9 Å². The number of nitrogens with two attached hydrogens (primary N) is 1. The molecule has 1 saturated carbocycles. The smallest absolute Gasteiger partial charge is 0.233 e. The van der Waals surface area contributed by atoms with Crippen LogP contribution in [0.3, 0.4) is 0 Å². The predicted molar refractivity (Wildman–Crippen MR) is 135 cm³/mol. The van der Waals surface area contributed by atoms with Crippen LogP contribution < -0.4 is 14.9 Å². The van der Waals surface area contributed by atoms with E-state index in [4.69, 9.17) is 10.7 Å². The molecule has 9 nitrogen and oxygen atoms in total. The number of hydrogen-bond acceptors (Lipinski definition) is 7. The molecule has 0 saturated heterocycles. The topological polar surface area (TPSA) is 121 Å². The number of rotatable bonds is 9. The van der Waals surface area contributed by atoms with Crippen LogP contribution in [-0.4, -0.2) is 55.5 Å². The van der Waals surface area contributed by atoms with Gasteiger partial charge < -0.3 is 10.6 Å². The van der Waals surface area contributed by atoms with Crippen LogP contribution in [0.5, 0.6) is 0 Å². The first kappa shape index (κ1) is 24.2. The number of sulfonamides is 1. The minimum absolute atomic E-state index is 0.0952. The lowest BCUT2D eigenvalue weighted by Gasteiger charge is -2.22. The van der Waals surface area contributed by atoms with Crippen molar-refractivity contribution in [1.29, 1.82) is 0 Å². The SMILES string of the molecule is CC1CC1CN(C)c1cc(-c2n[nH]c([C@H](C)C(N)c3ccccc3)n2)cc(N(C)S(C)(=O)=O)n1. The average Bonchev–Trinajstić information content (AvgIpc) is 3.30. The van der Waals surface area contributed by atoms with E-state index in [-0.39, 0.29) is 12.0 Å². The summed E-state index contributed by atoms with van der Waals surface area (Å²) < 4.78 is 25.6. The van der Waals surface area contributed by atoms with Gasteiger partial charge in [-0.3, -0.25) is 9.40 Å². The van der Waals surface area contributed by atoms with Crippen LogP contribution in [0.2, 0.25) is 0 Å². The van der Waals surface area contributed by atoms with E-state index in [0.29, 0.717) is 40.7 Å². The molecular weight excluding hydrogens is 450 g/mol. The van der Waals surface area contributed by atoms with Gasteiger partial charge in [-0.25, -0.2) is 18.4 Å². The average molecular weight is 484 g/mol. The van der Waals surface area contributed by atoms with Crippen molar-refractivity contribution in [3.63, 3.8) is 0 Å². The van der Waals surface area contributed by atoms with Crippen LogP contribution in [0.25, 0.3) is 11.4 Å². The Kier molecular flexibility index (Phi) is 6.64. The first-order valence-electron chi connectivity index (χ1n) is 11.4. The maximum atomic E-state index is 12.2. The Morgan fingerprint density at radius 3 is 2.41 bits per heavy atom. The normalized spacial score (nSPS) is 19.5. The van der Waals surface area contributed by atoms with Gasteiger partial charge in [-0.15, -0.1) is 0 Å². The van der Waals surface area contributed by atoms with E-state index in [0.717, 1.165) is 18.4 Å². The van der Waals surface area contributed by atoms with Gasteiger partial charge in [0.1, 0.15) is 17.5 Å². The molecule has 0 amide bonds. The van der Waals surface area contributed by atoms with Crippen molar-refractivity contribution >= 4 is 21.7 Å². The van der Waals surface area contributed by atoms with Crippen LogP contribution in [0.15, 0.2) is 42.5 Å². The minimum Gasteiger partial charge on any atom is -0.359 e. The molecule has 182 valence electrons. The van der Waals surface area contributed by atoms with E-state index in [1.165, 1.54) is 17.8 Å². The minimum atomic E-state index is -3.48. The van der Waals surface area contributed by atoms with E-state index in [2.05, 4.69) is 27.0 Å². The van der Waals surface area contributed by atoms with E-state index in [1.54, 1.807) is 6.07 Å². The molecule has 3 unspecified atom stereocenters. The van der Waals surface area contributed by atoms with E-state index in [9.17, 15) is 8.42 Å². The maximum Gasteiger partial charge on any atom is 0.233 e. The zero-order chi connectivity index (χ0) is 24.6. The Morgan fingerprint density at radius 2 is 1.79 bits per heavy atom. The molecule has 10 heteroatoms. The Labute approximate surface area is 201 Å². The van der Waals surface area contributed by atoms with Gasteiger partial charge in [-0.2, -0.15) is 5.10 Å². The molecule has 4 atom stereocenters. The maximum absolute atomic E-state index is 12.2. The summed E-state index contributed by atoms with van der Waals surface area (Å²) >= 11 is 0. The number of nitrogens with one attached hydrogen (secondary N) is 1. The standard InChI is InChI=1S/C24H33N7O2S/c1-15-11-19(15)14-30(3)20-12-18(13-21(26-20)31(4)34(5,32)33)24-27-23(28-29-24)16(2)22(25)17-9-7-6-8-10-17/h6-10,12-13,15-16,19,22H,11,14,25H2,1-5H3,(H,27,28,29)/t15?,16-,19?,22?/m1/s1. The van der Waals surface area contributed by atoms with Crippen molar-refractivity contribution in [1.82, 2.24) is 20.2 Å². The van der Waals surface area contributed by atoms with Crippen LogP contribution in [-0.2, 0) is 10.0 Å². The molecular formula is C24H33N7O2S. The third kappa shape index (κ3) is 5.23. The summed E-state index contributed by atoms with van der Waals surface area (Å²) in [5, 5.41) is 7.45. The summed E-state index contributed by atoms with van der Waals surface area (Å²) in [5.74, 6) is 3.39. The van der Waals surface area contributed by atoms with E-state index < -0.39 is 10.0 Å². The summed E-state index contributed by atoms with van der Waals surface area (Å²) in [6.45, 7) is 5.11. The highest BCUT2D eigenvalue weighted by molar-refractivity contribution is 7.92. The molecule has 0 radical (unpaired) electrons. The number of benzene rings is 1. The molecule has 3 N–H and O–H groups in total. The highest BCUT2D eigenvalue weighted by Crippen LogP contribution is 2.39. The van der Waals surface area contributed by atoms with Crippen LogP contribution in [0, 0.1) is 11.8 Å². The molecule has 1 fully saturated rings. The number of pyridine rings is 1. The first-order chi connectivity index (χ1) is 16.0. The van der Waals surface area contributed by atoms with Gasteiger partial charge in [-0.1, -0.05) is 44.2 Å². The number of anilines is 2. The van der Waals surface area contributed by atoms with Crippen molar-refractivity contribution < 1.29 is 8.42 Å². The molecule has 4 rings (SSSR count). The van der Waals surface area contributed by atoms with Gasteiger partial charge in [0.15, 0.2) is 5.82 Å². The summed E-state index contributed by atoms with van der Waals surface area (Å²) in [5.41, 5.74) is 8.19. The third-order valence-corrected chi connectivity index (χ3v) is 7.89.